The van der Waals surface area contributed by atoms with Crippen LogP contribution in [0.3, 0.4) is 0 Å². The van der Waals surface area contributed by atoms with Crippen molar-refractivity contribution in [2.75, 3.05) is 11.1 Å². The second-order valence-corrected chi connectivity index (χ2v) is 6.41. The number of nitrogens with one attached hydrogen (secondary N) is 1. The molecule has 0 fully saturated rings. The van der Waals surface area contributed by atoms with Gasteiger partial charge in [-0.2, -0.15) is 5.26 Å². The van der Waals surface area contributed by atoms with Crippen LogP contribution in [0.5, 0.6) is 0 Å². The molecule has 0 atom stereocenters. The highest BCUT2D eigenvalue weighted by molar-refractivity contribution is 14.1. The lowest BCUT2D eigenvalue weighted by atomic mass is 10.2. The number of thioether (sulfide) groups is 1. The van der Waals surface area contributed by atoms with Gasteiger partial charge in [-0.15, -0.1) is 11.8 Å². The van der Waals surface area contributed by atoms with Gasteiger partial charge in [0.2, 0.25) is 0 Å². The van der Waals surface area contributed by atoms with Crippen molar-refractivity contribution in [3.63, 3.8) is 0 Å². The minimum atomic E-state index is 0.716. The number of nitriles is 1. The van der Waals surface area contributed by atoms with Gasteiger partial charge in [0.25, 0.3) is 0 Å². The molecule has 4 heteroatoms. The van der Waals surface area contributed by atoms with Crippen LogP contribution < -0.4 is 5.32 Å². The normalized spacial score (nSPS) is 9.95. The lowest BCUT2D eigenvalue weighted by Gasteiger charge is -2.11. The van der Waals surface area contributed by atoms with Gasteiger partial charge in [-0.1, -0.05) is 13.0 Å². The quantitative estimate of drug-likeness (QED) is 0.598. The summed E-state index contributed by atoms with van der Waals surface area (Å²) in [6, 6.07) is 16.3. The van der Waals surface area contributed by atoms with Crippen LogP contribution in [0.15, 0.2) is 47.4 Å². The molecule has 0 heterocycles. The molecule has 0 unspecified atom stereocenters. The van der Waals surface area contributed by atoms with E-state index in [1.54, 1.807) is 11.8 Å². The van der Waals surface area contributed by atoms with Crippen LogP contribution in [-0.4, -0.2) is 5.75 Å². The average Bonchev–Trinajstić information content (AvgIpc) is 2.42. The first kappa shape index (κ1) is 14.2. The Hall–Kier alpha value is -1.19. The van der Waals surface area contributed by atoms with E-state index in [-0.39, 0.29) is 0 Å². The number of halogens is 1. The summed E-state index contributed by atoms with van der Waals surface area (Å²) in [5, 5.41) is 12.7. The molecule has 0 bridgehead atoms. The Morgan fingerprint density at radius 2 is 1.95 bits per heavy atom. The zero-order valence-electron chi connectivity index (χ0n) is 10.5. The molecule has 0 radical (unpaired) electrons. The van der Waals surface area contributed by atoms with Crippen LogP contribution in [-0.2, 0) is 0 Å². The number of hydrogen-bond donors (Lipinski definition) is 1. The molecule has 0 aliphatic heterocycles. The first-order valence-corrected chi connectivity index (χ1v) is 7.99. The van der Waals surface area contributed by atoms with Gasteiger partial charge in [0.15, 0.2) is 0 Å². The highest BCUT2D eigenvalue weighted by Gasteiger charge is 2.08. The van der Waals surface area contributed by atoms with Gasteiger partial charge in [-0.3, -0.25) is 0 Å². The van der Waals surface area contributed by atoms with Crippen molar-refractivity contribution in [3.05, 3.63) is 51.6 Å². The third-order valence-electron chi connectivity index (χ3n) is 2.56. The fourth-order valence-electron chi connectivity index (χ4n) is 1.72. The fraction of sp³-hybridized carbons (Fsp3) is 0.133. The number of anilines is 2. The Kier molecular flexibility index (Phi) is 5.11. The zero-order chi connectivity index (χ0) is 13.7. The lowest BCUT2D eigenvalue weighted by molar-refractivity contribution is 1.34. The molecule has 0 aliphatic carbocycles. The predicted molar refractivity (Wildman–Crippen MR) is 90.0 cm³/mol. The predicted octanol–water partition coefficient (Wildman–Crippen LogP) is 5.02. The van der Waals surface area contributed by atoms with Crippen LogP contribution >= 0.6 is 34.4 Å². The van der Waals surface area contributed by atoms with E-state index >= 15 is 0 Å². The highest BCUT2D eigenvalue weighted by atomic mass is 127. The molecule has 2 aromatic carbocycles. The van der Waals surface area contributed by atoms with Gasteiger partial charge in [-0.05, 0) is 64.7 Å². The molecule has 0 amide bonds. The Labute approximate surface area is 131 Å². The Balaban J connectivity index is 2.32. The molecule has 1 N–H and O–H groups in total. The smallest absolute Gasteiger partial charge is 0.103 e. The summed E-state index contributed by atoms with van der Waals surface area (Å²) in [7, 11) is 0. The van der Waals surface area contributed by atoms with Crippen LogP contribution in [0, 0.1) is 14.9 Å². The molecule has 0 aliphatic rings. The van der Waals surface area contributed by atoms with Gasteiger partial charge in [0.05, 0.1) is 11.3 Å². The molecule has 2 nitrogen and oxygen atoms in total. The van der Waals surface area contributed by atoms with Crippen molar-refractivity contribution >= 4 is 45.7 Å². The van der Waals surface area contributed by atoms with Crippen molar-refractivity contribution in [3.8, 4) is 6.07 Å². The van der Waals surface area contributed by atoms with Gasteiger partial charge in [0, 0.05) is 14.2 Å². The molecule has 2 aromatic rings. The van der Waals surface area contributed by atoms with Crippen molar-refractivity contribution < 1.29 is 0 Å². The van der Waals surface area contributed by atoms with Gasteiger partial charge >= 0.3 is 0 Å². The summed E-state index contributed by atoms with van der Waals surface area (Å²) in [6.07, 6.45) is 0. The summed E-state index contributed by atoms with van der Waals surface area (Å²) < 4.78 is 1.19. The first-order valence-electron chi connectivity index (χ1n) is 5.93. The van der Waals surface area contributed by atoms with E-state index in [0.29, 0.717) is 5.56 Å². The van der Waals surface area contributed by atoms with Crippen molar-refractivity contribution in [1.82, 2.24) is 0 Å². The summed E-state index contributed by atoms with van der Waals surface area (Å²) >= 11 is 3.96. The maximum atomic E-state index is 9.34. The maximum absolute atomic E-state index is 9.34. The zero-order valence-corrected chi connectivity index (χ0v) is 13.5. The standard InChI is InChI=1S/C15H13IN2S/c1-2-19-15-5-3-4-14(13(15)10-17)18-12-8-6-11(16)7-9-12/h3-9,18H,2H2,1H3. The van der Waals surface area contributed by atoms with E-state index < -0.39 is 0 Å². The molecular weight excluding hydrogens is 367 g/mol. The second-order valence-electron chi connectivity index (χ2n) is 3.86. The number of hydrogen-bond acceptors (Lipinski definition) is 3. The number of rotatable bonds is 4. The first-order chi connectivity index (χ1) is 9.24. The molecule has 19 heavy (non-hydrogen) atoms. The topological polar surface area (TPSA) is 35.8 Å². The van der Waals surface area contributed by atoms with Gasteiger partial charge in [-0.25, -0.2) is 0 Å². The minimum absolute atomic E-state index is 0.716. The number of nitrogens with zero attached hydrogens (tertiary/aromatic N) is 1. The molecular formula is C15H13IN2S. The van der Waals surface area contributed by atoms with E-state index in [9.17, 15) is 5.26 Å². The SMILES string of the molecule is CCSc1cccc(Nc2ccc(I)cc2)c1C#N. The van der Waals surface area contributed by atoms with E-state index in [4.69, 9.17) is 0 Å². The minimum Gasteiger partial charge on any atom is -0.354 e. The van der Waals surface area contributed by atoms with Crippen molar-refractivity contribution in [1.29, 1.82) is 5.26 Å². The third kappa shape index (κ3) is 3.64. The van der Waals surface area contributed by atoms with Gasteiger partial charge < -0.3 is 5.32 Å². The summed E-state index contributed by atoms with van der Waals surface area (Å²) in [5.74, 6) is 0.960. The largest absolute Gasteiger partial charge is 0.354 e. The van der Waals surface area contributed by atoms with E-state index in [1.165, 1.54) is 3.57 Å². The maximum Gasteiger partial charge on any atom is 0.103 e. The Bertz CT molecular complexity index is 603. The lowest BCUT2D eigenvalue weighted by Crippen LogP contribution is -1.95. The molecule has 0 spiro atoms. The third-order valence-corrected chi connectivity index (χ3v) is 4.22. The molecule has 0 aromatic heterocycles. The Morgan fingerprint density at radius 3 is 2.58 bits per heavy atom. The van der Waals surface area contributed by atoms with Crippen LogP contribution in [0.25, 0.3) is 0 Å². The average molecular weight is 380 g/mol. The van der Waals surface area contributed by atoms with E-state index in [0.717, 1.165) is 22.0 Å². The van der Waals surface area contributed by atoms with E-state index in [2.05, 4.69) is 40.9 Å². The van der Waals surface area contributed by atoms with E-state index in [1.807, 2.05) is 42.5 Å². The van der Waals surface area contributed by atoms with Gasteiger partial charge in [0.1, 0.15) is 6.07 Å². The van der Waals surface area contributed by atoms with Crippen molar-refractivity contribution in [2.45, 2.75) is 11.8 Å². The molecule has 0 saturated carbocycles. The molecule has 96 valence electrons. The van der Waals surface area contributed by atoms with Crippen LogP contribution in [0.4, 0.5) is 11.4 Å². The molecule has 0 saturated heterocycles. The second kappa shape index (κ2) is 6.83. The summed E-state index contributed by atoms with van der Waals surface area (Å²) in [4.78, 5) is 1.03. The Morgan fingerprint density at radius 1 is 1.21 bits per heavy atom. The summed E-state index contributed by atoms with van der Waals surface area (Å²) in [6.45, 7) is 2.09. The fourth-order valence-corrected chi connectivity index (χ4v) is 2.86. The van der Waals surface area contributed by atoms with Crippen molar-refractivity contribution in [2.24, 2.45) is 0 Å². The summed E-state index contributed by atoms with van der Waals surface area (Å²) in [5.41, 5.74) is 2.57. The molecule has 2 rings (SSSR count). The highest BCUT2D eigenvalue weighted by Crippen LogP contribution is 2.29. The number of benzene rings is 2. The monoisotopic (exact) mass is 380 g/mol. The van der Waals surface area contributed by atoms with Crippen LogP contribution in [0.1, 0.15) is 12.5 Å². The van der Waals surface area contributed by atoms with Crippen LogP contribution in [0.2, 0.25) is 0 Å².